The minimum atomic E-state index is -0.568. The van der Waals surface area contributed by atoms with Crippen LogP contribution >= 0.6 is 0 Å². The van der Waals surface area contributed by atoms with E-state index in [-0.39, 0.29) is 5.57 Å². The summed E-state index contributed by atoms with van der Waals surface area (Å²) in [6, 6.07) is 2.73. The summed E-state index contributed by atoms with van der Waals surface area (Å²) < 4.78 is 4.42. The van der Waals surface area contributed by atoms with Crippen LogP contribution in [0.4, 0.5) is 0 Å². The Hall–Kier alpha value is -2.01. The molecular weight excluding hydrogens is 170 g/mol. The van der Waals surface area contributed by atoms with Gasteiger partial charge in [-0.25, -0.2) is 4.79 Å². The fourth-order valence-corrected chi connectivity index (χ4v) is 0.543. The highest BCUT2D eigenvalue weighted by Crippen LogP contribution is 1.89. The van der Waals surface area contributed by atoms with Crippen molar-refractivity contribution in [2.75, 3.05) is 7.11 Å². The average Bonchev–Trinajstić information content (AvgIpc) is 2.17. The normalized spacial score (nSPS) is 10.2. The number of carbonyl (C=O) groups is 1. The van der Waals surface area contributed by atoms with Gasteiger partial charge in [0, 0.05) is 6.20 Å². The Morgan fingerprint density at radius 3 is 2.46 bits per heavy atom. The zero-order valence-corrected chi connectivity index (χ0v) is 7.37. The summed E-state index contributed by atoms with van der Waals surface area (Å²) in [5, 5.41) is 19.2. The zero-order chi connectivity index (χ0) is 10.3. The number of rotatable bonds is 3. The number of esters is 1. The molecule has 68 valence electrons. The number of allylic oxidation sites excluding steroid dienone is 1. The van der Waals surface area contributed by atoms with Crippen LogP contribution in [0.3, 0.4) is 0 Å². The van der Waals surface area contributed by atoms with Crippen LogP contribution in [0.2, 0.25) is 0 Å². The lowest BCUT2D eigenvalue weighted by atomic mass is 10.3. The molecule has 0 radical (unpaired) electrons. The third-order valence-corrected chi connectivity index (χ3v) is 1.27. The first-order valence-corrected chi connectivity index (χ1v) is 3.50. The van der Waals surface area contributed by atoms with E-state index in [0.29, 0.717) is 0 Å². The second kappa shape index (κ2) is 5.62. The van der Waals surface area contributed by atoms with Gasteiger partial charge in [-0.1, -0.05) is 0 Å². The van der Waals surface area contributed by atoms with Crippen LogP contribution in [0.1, 0.15) is 6.92 Å². The first kappa shape index (κ1) is 11.0. The second-order valence-corrected chi connectivity index (χ2v) is 2.19. The Morgan fingerprint density at radius 2 is 2.08 bits per heavy atom. The highest BCUT2D eigenvalue weighted by atomic mass is 16.5. The maximum absolute atomic E-state index is 10.8. The summed E-state index contributed by atoms with van der Waals surface area (Å²) in [5.41, 5.74) is -0.0873. The molecule has 0 rings (SSSR count). The van der Waals surface area contributed by atoms with Crippen LogP contribution < -0.4 is 5.32 Å². The van der Waals surface area contributed by atoms with Gasteiger partial charge in [-0.2, -0.15) is 10.5 Å². The van der Waals surface area contributed by atoms with Gasteiger partial charge in [-0.3, -0.25) is 0 Å². The highest BCUT2D eigenvalue weighted by molar-refractivity contribution is 5.75. The molecule has 0 aromatic rings. The van der Waals surface area contributed by atoms with Gasteiger partial charge in [0.15, 0.2) is 0 Å². The molecule has 1 N–H and O–H groups in total. The van der Waals surface area contributed by atoms with E-state index >= 15 is 0 Å². The van der Waals surface area contributed by atoms with E-state index in [1.54, 1.807) is 19.1 Å². The molecule has 0 heterocycles. The standard InChI is InChI=1S/C8H9N3O2/c1-6(8(12)13-2)11-5-7(3-9)4-10/h5-6,11H,1-2H3/t6-/m1/s1. The number of methoxy groups -OCH3 is 1. The van der Waals surface area contributed by atoms with Crippen LogP contribution in [-0.4, -0.2) is 19.1 Å². The summed E-state index contributed by atoms with van der Waals surface area (Å²) in [7, 11) is 1.26. The number of carbonyl (C=O) groups excluding carboxylic acids is 1. The van der Waals surface area contributed by atoms with Crippen molar-refractivity contribution < 1.29 is 9.53 Å². The van der Waals surface area contributed by atoms with E-state index in [9.17, 15) is 4.79 Å². The van der Waals surface area contributed by atoms with Crippen molar-refractivity contribution in [2.24, 2.45) is 0 Å². The number of nitrogens with one attached hydrogen (secondary N) is 1. The van der Waals surface area contributed by atoms with Gasteiger partial charge < -0.3 is 10.1 Å². The SMILES string of the molecule is COC(=O)[C@@H](C)NC=C(C#N)C#N. The first-order valence-electron chi connectivity index (χ1n) is 3.50. The molecule has 5 nitrogen and oxygen atoms in total. The highest BCUT2D eigenvalue weighted by Gasteiger charge is 2.10. The number of nitriles is 2. The molecule has 0 aliphatic carbocycles. The third kappa shape index (κ3) is 3.78. The Bertz CT molecular complexity index is 279. The zero-order valence-electron chi connectivity index (χ0n) is 7.37. The number of nitrogens with zero attached hydrogens (tertiary/aromatic N) is 2. The molecule has 0 fully saturated rings. The van der Waals surface area contributed by atoms with Crippen LogP contribution in [0.25, 0.3) is 0 Å². The minimum Gasteiger partial charge on any atom is -0.467 e. The summed E-state index contributed by atoms with van der Waals surface area (Å²) in [6.45, 7) is 1.56. The molecule has 0 aromatic heterocycles. The molecule has 0 aliphatic heterocycles. The third-order valence-electron chi connectivity index (χ3n) is 1.27. The van der Waals surface area contributed by atoms with Gasteiger partial charge in [-0.15, -0.1) is 0 Å². The van der Waals surface area contributed by atoms with E-state index < -0.39 is 12.0 Å². The molecule has 0 unspecified atom stereocenters. The van der Waals surface area contributed by atoms with Gasteiger partial charge >= 0.3 is 5.97 Å². The monoisotopic (exact) mass is 179 g/mol. The van der Waals surface area contributed by atoms with E-state index in [4.69, 9.17) is 10.5 Å². The predicted molar refractivity (Wildman–Crippen MR) is 43.9 cm³/mol. The second-order valence-electron chi connectivity index (χ2n) is 2.19. The Labute approximate surface area is 76.2 Å². The lowest BCUT2D eigenvalue weighted by Crippen LogP contribution is -2.31. The Balaban J connectivity index is 4.18. The Kier molecular flexibility index (Phi) is 4.75. The molecule has 0 aromatic carbocycles. The van der Waals surface area contributed by atoms with Crippen molar-refractivity contribution in [3.05, 3.63) is 11.8 Å². The van der Waals surface area contributed by atoms with Gasteiger partial charge in [0.2, 0.25) is 0 Å². The maximum Gasteiger partial charge on any atom is 0.327 e. The largest absolute Gasteiger partial charge is 0.467 e. The van der Waals surface area contributed by atoms with E-state index in [1.165, 1.54) is 13.3 Å². The van der Waals surface area contributed by atoms with E-state index in [0.717, 1.165) is 0 Å². The van der Waals surface area contributed by atoms with Crippen LogP contribution in [0.5, 0.6) is 0 Å². The number of ether oxygens (including phenoxy) is 1. The van der Waals surface area contributed by atoms with Crippen LogP contribution in [-0.2, 0) is 9.53 Å². The first-order chi connectivity index (χ1) is 6.15. The lowest BCUT2D eigenvalue weighted by molar-refractivity contribution is -0.142. The molecule has 5 heteroatoms. The molecule has 0 bridgehead atoms. The molecule has 0 spiro atoms. The molecule has 0 amide bonds. The summed E-state index contributed by atoms with van der Waals surface area (Å²) >= 11 is 0. The van der Waals surface area contributed by atoms with Crippen LogP contribution in [0, 0.1) is 22.7 Å². The van der Waals surface area contributed by atoms with E-state index in [2.05, 4.69) is 10.1 Å². The smallest absolute Gasteiger partial charge is 0.327 e. The van der Waals surface area contributed by atoms with Crippen molar-refractivity contribution in [1.82, 2.24) is 5.32 Å². The lowest BCUT2D eigenvalue weighted by Gasteiger charge is -2.07. The summed E-state index contributed by atoms with van der Waals surface area (Å²) in [4.78, 5) is 10.8. The minimum absolute atomic E-state index is 0.0873. The van der Waals surface area contributed by atoms with Crippen LogP contribution in [0.15, 0.2) is 11.8 Å². The van der Waals surface area contributed by atoms with Crippen molar-refractivity contribution in [1.29, 1.82) is 10.5 Å². The fourth-order valence-electron chi connectivity index (χ4n) is 0.543. The van der Waals surface area contributed by atoms with E-state index in [1.807, 2.05) is 0 Å². The maximum atomic E-state index is 10.8. The summed E-state index contributed by atoms with van der Waals surface area (Å²) in [6.07, 6.45) is 1.18. The van der Waals surface area contributed by atoms with Crippen molar-refractivity contribution in [3.8, 4) is 12.1 Å². The molecule has 1 atom stereocenters. The molecule has 13 heavy (non-hydrogen) atoms. The van der Waals surface area contributed by atoms with Gasteiger partial charge in [0.1, 0.15) is 23.8 Å². The molecule has 0 aliphatic rings. The van der Waals surface area contributed by atoms with Gasteiger partial charge in [0.05, 0.1) is 7.11 Å². The quantitative estimate of drug-likeness (QED) is 0.489. The van der Waals surface area contributed by atoms with Gasteiger partial charge in [0.25, 0.3) is 0 Å². The van der Waals surface area contributed by atoms with Gasteiger partial charge in [-0.05, 0) is 6.92 Å². The number of hydrogen-bond acceptors (Lipinski definition) is 5. The predicted octanol–water partition coefficient (Wildman–Crippen LogP) is 0.0686. The van der Waals surface area contributed by atoms with Crippen molar-refractivity contribution in [2.45, 2.75) is 13.0 Å². The Morgan fingerprint density at radius 1 is 1.54 bits per heavy atom. The number of hydrogen-bond donors (Lipinski definition) is 1. The summed E-state index contributed by atoms with van der Waals surface area (Å²) in [5.74, 6) is -0.452. The van der Waals surface area contributed by atoms with Crippen molar-refractivity contribution in [3.63, 3.8) is 0 Å². The fraction of sp³-hybridized carbons (Fsp3) is 0.375. The van der Waals surface area contributed by atoms with Crippen molar-refractivity contribution >= 4 is 5.97 Å². The molecule has 0 saturated carbocycles. The average molecular weight is 179 g/mol. The topological polar surface area (TPSA) is 85.9 Å². The molecule has 0 saturated heterocycles. The molecular formula is C8H9N3O2.